The highest BCUT2D eigenvalue weighted by Crippen LogP contribution is 2.20. The number of likely N-dealkylation sites (N-methyl/N-ethyl adjacent to an activating group) is 1. The highest BCUT2D eigenvalue weighted by atomic mass is 35.5. The van der Waals surface area contributed by atoms with E-state index in [1.54, 1.807) is 0 Å². The molecular weight excluding hydrogens is 272 g/mol. The Bertz CT molecular complexity index is 464. The summed E-state index contributed by atoms with van der Waals surface area (Å²) in [6.07, 6.45) is 2.08. The summed E-state index contributed by atoms with van der Waals surface area (Å²) in [6, 6.07) is 7.68. The van der Waals surface area contributed by atoms with Gasteiger partial charge in [0.2, 0.25) is 5.91 Å². The molecule has 2 unspecified atom stereocenters. The molecule has 1 aromatic carbocycles. The van der Waals surface area contributed by atoms with Gasteiger partial charge in [0.05, 0.1) is 6.04 Å². The molecule has 0 aromatic heterocycles. The van der Waals surface area contributed by atoms with Gasteiger partial charge in [0.25, 0.3) is 0 Å². The Hall–Kier alpha value is -1.06. The summed E-state index contributed by atoms with van der Waals surface area (Å²) in [5.74, 6) is 0.809. The Labute approximate surface area is 126 Å². The summed E-state index contributed by atoms with van der Waals surface area (Å²) in [4.78, 5) is 14.5. The summed E-state index contributed by atoms with van der Waals surface area (Å²) in [5, 5.41) is 4.07. The lowest BCUT2D eigenvalue weighted by atomic mass is 9.93. The monoisotopic (exact) mass is 294 g/mol. The third kappa shape index (κ3) is 3.74. The minimum absolute atomic E-state index is 0.0406. The van der Waals surface area contributed by atoms with E-state index < -0.39 is 0 Å². The Morgan fingerprint density at radius 2 is 2.20 bits per heavy atom. The number of halogens is 1. The lowest BCUT2D eigenvalue weighted by Crippen LogP contribution is -2.49. The van der Waals surface area contributed by atoms with Gasteiger partial charge in [-0.1, -0.05) is 36.7 Å². The number of hydrogen-bond donors (Lipinski definition) is 1. The molecule has 4 heteroatoms. The van der Waals surface area contributed by atoms with Crippen molar-refractivity contribution >= 4 is 17.5 Å². The van der Waals surface area contributed by atoms with E-state index in [4.69, 9.17) is 11.6 Å². The predicted octanol–water partition coefficient (Wildman–Crippen LogP) is 3.08. The van der Waals surface area contributed by atoms with E-state index in [0.29, 0.717) is 19.0 Å². The molecule has 20 heavy (non-hydrogen) atoms. The van der Waals surface area contributed by atoms with E-state index >= 15 is 0 Å². The first kappa shape index (κ1) is 15.3. The van der Waals surface area contributed by atoms with Crippen molar-refractivity contribution in [2.75, 3.05) is 13.1 Å². The summed E-state index contributed by atoms with van der Waals surface area (Å²) >= 11 is 6.19. The molecule has 2 atom stereocenters. The van der Waals surface area contributed by atoms with Gasteiger partial charge < -0.3 is 10.2 Å². The first-order valence-electron chi connectivity index (χ1n) is 7.37. The second-order valence-electron chi connectivity index (χ2n) is 5.58. The first-order valence-corrected chi connectivity index (χ1v) is 7.75. The summed E-state index contributed by atoms with van der Waals surface area (Å²) < 4.78 is 0. The second kappa shape index (κ2) is 7.09. The highest BCUT2D eigenvalue weighted by molar-refractivity contribution is 6.31. The van der Waals surface area contributed by atoms with Gasteiger partial charge in [0.1, 0.15) is 0 Å². The fourth-order valence-corrected chi connectivity index (χ4v) is 2.89. The summed E-state index contributed by atoms with van der Waals surface area (Å²) in [6.45, 7) is 6.45. The number of carbonyl (C=O) groups is 1. The van der Waals surface area contributed by atoms with Crippen LogP contribution in [0.1, 0.15) is 32.3 Å². The van der Waals surface area contributed by atoms with Crippen molar-refractivity contribution in [1.29, 1.82) is 0 Å². The molecule has 1 heterocycles. The van der Waals surface area contributed by atoms with E-state index in [9.17, 15) is 4.79 Å². The highest BCUT2D eigenvalue weighted by Gasteiger charge is 2.27. The van der Waals surface area contributed by atoms with Crippen LogP contribution in [0.4, 0.5) is 0 Å². The van der Waals surface area contributed by atoms with Crippen molar-refractivity contribution in [3.63, 3.8) is 0 Å². The minimum Gasteiger partial charge on any atom is -0.337 e. The molecule has 0 bridgehead atoms. The molecule has 1 saturated heterocycles. The maximum atomic E-state index is 12.6. The van der Waals surface area contributed by atoms with E-state index in [1.165, 1.54) is 0 Å². The number of nitrogens with one attached hydrogen (secondary N) is 1. The van der Waals surface area contributed by atoms with Crippen LogP contribution in [0.2, 0.25) is 5.02 Å². The molecule has 0 spiro atoms. The van der Waals surface area contributed by atoms with Gasteiger partial charge >= 0.3 is 0 Å². The van der Waals surface area contributed by atoms with Crippen LogP contribution >= 0.6 is 11.6 Å². The molecule has 1 amide bonds. The Morgan fingerprint density at radius 3 is 2.85 bits per heavy atom. The molecule has 0 radical (unpaired) electrons. The van der Waals surface area contributed by atoms with E-state index in [2.05, 4.69) is 12.2 Å². The average molecular weight is 295 g/mol. The van der Waals surface area contributed by atoms with Crippen molar-refractivity contribution < 1.29 is 4.79 Å². The zero-order valence-electron chi connectivity index (χ0n) is 12.2. The number of carbonyl (C=O) groups excluding carboxylic acids is 1. The number of piperidine rings is 1. The van der Waals surface area contributed by atoms with Gasteiger partial charge in [-0.2, -0.15) is 0 Å². The van der Waals surface area contributed by atoms with Gasteiger partial charge in [-0.05, 0) is 43.9 Å². The molecule has 1 aromatic rings. The van der Waals surface area contributed by atoms with Crippen LogP contribution in [0.15, 0.2) is 24.3 Å². The van der Waals surface area contributed by atoms with Crippen molar-refractivity contribution in [2.45, 2.75) is 39.3 Å². The van der Waals surface area contributed by atoms with Crippen LogP contribution in [0.3, 0.4) is 0 Å². The molecular formula is C16H23ClN2O. The molecule has 1 aliphatic heterocycles. The molecule has 0 saturated carbocycles. The van der Waals surface area contributed by atoms with Crippen molar-refractivity contribution in [1.82, 2.24) is 10.2 Å². The fourth-order valence-electron chi connectivity index (χ4n) is 2.69. The van der Waals surface area contributed by atoms with E-state index in [0.717, 1.165) is 30.0 Å². The molecule has 110 valence electrons. The minimum atomic E-state index is -0.0406. The first-order chi connectivity index (χ1) is 9.61. The number of hydrogen-bond acceptors (Lipinski definition) is 2. The Morgan fingerprint density at radius 1 is 1.45 bits per heavy atom. The predicted molar refractivity (Wildman–Crippen MR) is 82.7 cm³/mol. The molecule has 1 aliphatic rings. The third-order valence-electron chi connectivity index (χ3n) is 3.98. The zero-order chi connectivity index (χ0) is 14.5. The van der Waals surface area contributed by atoms with Gasteiger partial charge in [0.15, 0.2) is 0 Å². The van der Waals surface area contributed by atoms with Crippen LogP contribution in [0.5, 0.6) is 0 Å². The number of benzene rings is 1. The van der Waals surface area contributed by atoms with Gasteiger partial charge in [-0.3, -0.25) is 4.79 Å². The second-order valence-corrected chi connectivity index (χ2v) is 5.99. The topological polar surface area (TPSA) is 32.3 Å². The van der Waals surface area contributed by atoms with Gasteiger partial charge in [-0.25, -0.2) is 0 Å². The molecule has 1 fully saturated rings. The maximum absolute atomic E-state index is 12.6. The Kier molecular flexibility index (Phi) is 5.44. The smallest absolute Gasteiger partial charge is 0.240 e. The number of amides is 1. The average Bonchev–Trinajstić information content (AvgIpc) is 2.46. The molecule has 2 rings (SSSR count). The molecule has 0 aliphatic carbocycles. The van der Waals surface area contributed by atoms with Gasteiger partial charge in [-0.15, -0.1) is 0 Å². The third-order valence-corrected chi connectivity index (χ3v) is 4.35. The van der Waals surface area contributed by atoms with Gasteiger partial charge in [0, 0.05) is 18.1 Å². The normalized spacial score (nSPS) is 22.6. The molecule has 3 nitrogen and oxygen atoms in total. The maximum Gasteiger partial charge on any atom is 0.240 e. The van der Waals surface area contributed by atoms with Crippen molar-refractivity contribution in [3.8, 4) is 0 Å². The largest absolute Gasteiger partial charge is 0.337 e. The van der Waals surface area contributed by atoms with Crippen LogP contribution < -0.4 is 5.32 Å². The van der Waals surface area contributed by atoms with Crippen LogP contribution in [0.25, 0.3) is 0 Å². The van der Waals surface area contributed by atoms with Crippen LogP contribution in [-0.4, -0.2) is 29.9 Å². The standard InChI is InChI=1S/C16H23ClN2O/c1-3-19(11-13-6-4-5-7-14(13)17)16(20)15-10-12(2)8-9-18-15/h4-7,12,15,18H,3,8-11H2,1-2H3. The molecule has 1 N–H and O–H groups in total. The summed E-state index contributed by atoms with van der Waals surface area (Å²) in [7, 11) is 0. The zero-order valence-corrected chi connectivity index (χ0v) is 13.0. The Balaban J connectivity index is 2.04. The number of rotatable bonds is 4. The van der Waals surface area contributed by atoms with Crippen molar-refractivity contribution in [2.24, 2.45) is 5.92 Å². The summed E-state index contributed by atoms with van der Waals surface area (Å²) in [5.41, 5.74) is 1.01. The number of nitrogens with zero attached hydrogens (tertiary/aromatic N) is 1. The van der Waals surface area contributed by atoms with Crippen LogP contribution in [0, 0.1) is 5.92 Å². The van der Waals surface area contributed by atoms with Crippen molar-refractivity contribution in [3.05, 3.63) is 34.9 Å². The lowest BCUT2D eigenvalue weighted by Gasteiger charge is -2.32. The SMILES string of the molecule is CCN(Cc1ccccc1Cl)C(=O)C1CC(C)CCN1. The van der Waals surface area contributed by atoms with Crippen LogP contribution in [-0.2, 0) is 11.3 Å². The van der Waals surface area contributed by atoms with E-state index in [-0.39, 0.29) is 11.9 Å². The fraction of sp³-hybridized carbons (Fsp3) is 0.562. The lowest BCUT2D eigenvalue weighted by molar-refractivity contribution is -0.134. The quantitative estimate of drug-likeness (QED) is 0.925. The van der Waals surface area contributed by atoms with E-state index in [1.807, 2.05) is 36.1 Å².